The van der Waals surface area contributed by atoms with Crippen LogP contribution in [0.3, 0.4) is 0 Å². The van der Waals surface area contributed by atoms with Gasteiger partial charge in [-0.05, 0) is 26.0 Å². The number of hydrogen-bond donors (Lipinski definition) is 0. The van der Waals surface area contributed by atoms with Gasteiger partial charge in [0.15, 0.2) is 0 Å². The Morgan fingerprint density at radius 3 is 2.50 bits per heavy atom. The number of nitrogens with zero attached hydrogens (tertiary/aromatic N) is 2. The molecule has 108 valence electrons. The molecule has 2 rings (SSSR count). The molecule has 0 aliphatic heterocycles. The molecule has 0 saturated heterocycles. The largest absolute Gasteiger partial charge is 0.449 e. The summed E-state index contributed by atoms with van der Waals surface area (Å²) >= 11 is 0. The van der Waals surface area contributed by atoms with Crippen molar-refractivity contribution in [1.29, 1.82) is 0 Å². The maximum Gasteiger partial charge on any atom is 0.449 e. The Kier molecular flexibility index (Phi) is 3.45. The number of esters is 1. The third kappa shape index (κ3) is 2.61. The molecule has 0 bridgehead atoms. The summed E-state index contributed by atoms with van der Waals surface area (Å²) in [6, 6.07) is 3.85. The first kappa shape index (κ1) is 14.4. The standard InChI is InChI=1S/C13H13F3N2O2/c1-7(2)18-11-5-4-9(20-8(3)19)6-10(11)17-12(18)13(14,15)16/h4-7H,1-3H3. The molecule has 2 aromatic rings. The normalized spacial score (nSPS) is 12.2. The van der Waals surface area contributed by atoms with Gasteiger partial charge in [0.1, 0.15) is 5.75 Å². The lowest BCUT2D eigenvalue weighted by molar-refractivity contribution is -0.147. The van der Waals surface area contributed by atoms with Crippen LogP contribution in [0.15, 0.2) is 18.2 Å². The Labute approximate surface area is 113 Å². The molecule has 4 nitrogen and oxygen atoms in total. The van der Waals surface area contributed by atoms with Crippen LogP contribution < -0.4 is 4.74 Å². The summed E-state index contributed by atoms with van der Waals surface area (Å²) in [4.78, 5) is 14.5. The second-order valence-electron chi connectivity index (χ2n) is 4.64. The first-order chi connectivity index (χ1) is 9.20. The lowest BCUT2D eigenvalue weighted by atomic mass is 10.2. The first-order valence-electron chi connectivity index (χ1n) is 5.97. The Hall–Kier alpha value is -2.05. The zero-order valence-electron chi connectivity index (χ0n) is 11.2. The molecule has 0 aliphatic rings. The fraction of sp³-hybridized carbons (Fsp3) is 0.385. The van der Waals surface area contributed by atoms with E-state index in [0.29, 0.717) is 5.52 Å². The monoisotopic (exact) mass is 286 g/mol. The zero-order chi connectivity index (χ0) is 15.1. The molecule has 20 heavy (non-hydrogen) atoms. The van der Waals surface area contributed by atoms with E-state index < -0.39 is 24.0 Å². The molecule has 7 heteroatoms. The predicted molar refractivity (Wildman–Crippen MR) is 66.4 cm³/mol. The number of ether oxygens (including phenoxy) is 1. The first-order valence-corrected chi connectivity index (χ1v) is 5.97. The van der Waals surface area contributed by atoms with Gasteiger partial charge in [0, 0.05) is 19.0 Å². The Morgan fingerprint density at radius 1 is 1.35 bits per heavy atom. The van der Waals surface area contributed by atoms with E-state index in [4.69, 9.17) is 4.74 Å². The van der Waals surface area contributed by atoms with Gasteiger partial charge < -0.3 is 9.30 Å². The summed E-state index contributed by atoms with van der Waals surface area (Å²) in [6.07, 6.45) is -4.54. The van der Waals surface area contributed by atoms with Crippen LogP contribution in [0.4, 0.5) is 13.2 Å². The Bertz CT molecular complexity index is 659. The average Bonchev–Trinajstić information content (AvgIpc) is 2.66. The Balaban J connectivity index is 2.64. The molecule has 0 fully saturated rings. The second-order valence-corrected chi connectivity index (χ2v) is 4.64. The molecule has 0 aliphatic carbocycles. The molecule has 0 unspecified atom stereocenters. The summed E-state index contributed by atoms with van der Waals surface area (Å²) in [5.74, 6) is -1.32. The minimum Gasteiger partial charge on any atom is -0.427 e. The number of aromatic nitrogens is 2. The zero-order valence-corrected chi connectivity index (χ0v) is 11.2. The second kappa shape index (κ2) is 4.81. The molecular formula is C13H13F3N2O2. The van der Waals surface area contributed by atoms with Crippen LogP contribution in [-0.2, 0) is 11.0 Å². The maximum atomic E-state index is 13.0. The van der Waals surface area contributed by atoms with Crippen molar-refractivity contribution in [3.8, 4) is 5.75 Å². The van der Waals surface area contributed by atoms with Crippen LogP contribution in [0, 0.1) is 0 Å². The topological polar surface area (TPSA) is 44.1 Å². The molecule has 0 atom stereocenters. The Morgan fingerprint density at radius 2 is 2.00 bits per heavy atom. The van der Waals surface area contributed by atoms with E-state index in [1.165, 1.54) is 25.1 Å². The minimum absolute atomic E-state index is 0.143. The summed E-state index contributed by atoms with van der Waals surface area (Å²) in [7, 11) is 0. The summed E-state index contributed by atoms with van der Waals surface area (Å²) in [5, 5.41) is 0. The SMILES string of the molecule is CC(=O)Oc1ccc2c(c1)nc(C(F)(F)F)n2C(C)C. The van der Waals surface area contributed by atoms with Crippen molar-refractivity contribution < 1.29 is 22.7 Å². The van der Waals surface area contributed by atoms with Gasteiger partial charge >= 0.3 is 12.1 Å². The van der Waals surface area contributed by atoms with E-state index >= 15 is 0 Å². The summed E-state index contributed by atoms with van der Waals surface area (Å²) in [5.41, 5.74) is 0.494. The summed E-state index contributed by atoms with van der Waals surface area (Å²) < 4.78 is 44.9. The highest BCUT2D eigenvalue weighted by atomic mass is 19.4. The molecular weight excluding hydrogens is 273 g/mol. The number of imidazole rings is 1. The fourth-order valence-electron chi connectivity index (χ4n) is 2.03. The molecule has 0 saturated carbocycles. The van der Waals surface area contributed by atoms with Crippen molar-refractivity contribution in [2.45, 2.75) is 33.0 Å². The highest BCUT2D eigenvalue weighted by Gasteiger charge is 2.38. The van der Waals surface area contributed by atoms with Crippen LogP contribution in [0.25, 0.3) is 11.0 Å². The summed E-state index contributed by atoms with van der Waals surface area (Å²) in [6.45, 7) is 4.52. The van der Waals surface area contributed by atoms with E-state index in [2.05, 4.69) is 4.98 Å². The lowest BCUT2D eigenvalue weighted by Gasteiger charge is -2.14. The van der Waals surface area contributed by atoms with Crippen molar-refractivity contribution >= 4 is 17.0 Å². The van der Waals surface area contributed by atoms with Crippen LogP contribution in [0.1, 0.15) is 32.6 Å². The van der Waals surface area contributed by atoms with Crippen LogP contribution in [-0.4, -0.2) is 15.5 Å². The number of alkyl halides is 3. The predicted octanol–water partition coefficient (Wildman–Crippen LogP) is 3.56. The van der Waals surface area contributed by atoms with Crippen molar-refractivity contribution in [2.75, 3.05) is 0 Å². The quantitative estimate of drug-likeness (QED) is 0.626. The third-order valence-electron chi connectivity index (χ3n) is 2.69. The average molecular weight is 286 g/mol. The van der Waals surface area contributed by atoms with Gasteiger partial charge in [0.25, 0.3) is 0 Å². The van der Waals surface area contributed by atoms with Gasteiger partial charge in [-0.3, -0.25) is 4.79 Å². The van der Waals surface area contributed by atoms with Gasteiger partial charge in [-0.25, -0.2) is 4.98 Å². The van der Waals surface area contributed by atoms with E-state index in [1.54, 1.807) is 13.8 Å². The molecule has 0 N–H and O–H groups in total. The molecule has 0 spiro atoms. The van der Waals surface area contributed by atoms with Gasteiger partial charge in [0.05, 0.1) is 11.0 Å². The number of hydrogen-bond acceptors (Lipinski definition) is 3. The molecule has 0 amide bonds. The number of rotatable bonds is 2. The van der Waals surface area contributed by atoms with Gasteiger partial charge in [-0.15, -0.1) is 0 Å². The number of carbonyl (C=O) groups excluding carboxylic acids is 1. The molecule has 1 heterocycles. The van der Waals surface area contributed by atoms with E-state index in [1.807, 2.05) is 0 Å². The van der Waals surface area contributed by atoms with Crippen molar-refractivity contribution in [2.24, 2.45) is 0 Å². The van der Waals surface area contributed by atoms with Crippen LogP contribution in [0.2, 0.25) is 0 Å². The van der Waals surface area contributed by atoms with Crippen LogP contribution in [0.5, 0.6) is 5.75 Å². The van der Waals surface area contributed by atoms with Gasteiger partial charge in [-0.2, -0.15) is 13.2 Å². The fourth-order valence-corrected chi connectivity index (χ4v) is 2.03. The molecule has 1 aromatic heterocycles. The van der Waals surface area contributed by atoms with Gasteiger partial charge in [-0.1, -0.05) is 0 Å². The van der Waals surface area contributed by atoms with Crippen LogP contribution >= 0.6 is 0 Å². The maximum absolute atomic E-state index is 13.0. The molecule has 0 radical (unpaired) electrons. The van der Waals surface area contributed by atoms with E-state index in [0.717, 1.165) is 4.57 Å². The van der Waals surface area contributed by atoms with E-state index in [9.17, 15) is 18.0 Å². The third-order valence-corrected chi connectivity index (χ3v) is 2.69. The smallest absolute Gasteiger partial charge is 0.427 e. The number of carbonyl (C=O) groups is 1. The number of benzene rings is 1. The van der Waals surface area contributed by atoms with Crippen molar-refractivity contribution in [1.82, 2.24) is 9.55 Å². The minimum atomic E-state index is -4.54. The molecule has 1 aromatic carbocycles. The van der Waals surface area contributed by atoms with E-state index in [-0.39, 0.29) is 11.3 Å². The van der Waals surface area contributed by atoms with Crippen molar-refractivity contribution in [3.05, 3.63) is 24.0 Å². The van der Waals surface area contributed by atoms with Crippen molar-refractivity contribution in [3.63, 3.8) is 0 Å². The lowest BCUT2D eigenvalue weighted by Crippen LogP contribution is -2.16. The highest BCUT2D eigenvalue weighted by molar-refractivity contribution is 5.79. The highest BCUT2D eigenvalue weighted by Crippen LogP contribution is 2.34. The number of fused-ring (bicyclic) bond motifs is 1. The number of halogens is 3. The van der Waals surface area contributed by atoms with Gasteiger partial charge in [0.2, 0.25) is 5.82 Å².